The Morgan fingerprint density at radius 2 is 0.545 bits per heavy atom. The average molecular weight is 1120 g/mol. The summed E-state index contributed by atoms with van der Waals surface area (Å²) >= 11 is 0. The molecule has 16 aromatic carbocycles. The first-order chi connectivity index (χ1) is 43.7. The fourth-order valence-corrected chi connectivity index (χ4v) is 14.2. The van der Waals surface area contributed by atoms with Crippen molar-refractivity contribution >= 4 is 132 Å². The van der Waals surface area contributed by atoms with Crippen LogP contribution in [-0.4, -0.2) is 0 Å². The van der Waals surface area contributed by atoms with Crippen LogP contribution in [0.25, 0.3) is 142 Å². The Labute approximate surface area is 507 Å². The number of hydrogen-bond acceptors (Lipinski definition) is 4. The maximum Gasteiger partial charge on any atom is 0.159 e. The Bertz CT molecular complexity index is 5390. The van der Waals surface area contributed by atoms with Crippen molar-refractivity contribution < 1.29 is 8.83 Å². The molecule has 0 aliphatic carbocycles. The maximum absolute atomic E-state index is 7.45. The van der Waals surface area contributed by atoms with Gasteiger partial charge in [0.05, 0.1) is 22.7 Å². The van der Waals surface area contributed by atoms with Gasteiger partial charge in [-0.1, -0.05) is 255 Å². The Morgan fingerprint density at radius 3 is 0.977 bits per heavy atom. The van der Waals surface area contributed by atoms with Crippen molar-refractivity contribution in [3.05, 3.63) is 315 Å². The predicted molar refractivity (Wildman–Crippen MR) is 371 cm³/mol. The molecule has 18 rings (SSSR count). The first-order valence-electron chi connectivity index (χ1n) is 30.1. The highest BCUT2D eigenvalue weighted by molar-refractivity contribution is 6.30. The smallest absolute Gasteiger partial charge is 0.159 e. The van der Waals surface area contributed by atoms with Gasteiger partial charge in [-0.25, -0.2) is 0 Å². The van der Waals surface area contributed by atoms with E-state index in [0.717, 1.165) is 155 Å². The van der Waals surface area contributed by atoms with Crippen LogP contribution in [0.2, 0.25) is 0 Å². The summed E-state index contributed by atoms with van der Waals surface area (Å²) < 4.78 is 14.9. The minimum atomic E-state index is 0.821. The first kappa shape index (κ1) is 49.7. The summed E-state index contributed by atoms with van der Waals surface area (Å²) in [7, 11) is 0. The largest absolute Gasteiger partial charge is 0.453 e. The molecule has 4 heteroatoms. The Kier molecular flexibility index (Phi) is 11.3. The lowest BCUT2D eigenvalue weighted by molar-refractivity contribution is 0.670. The molecular weight excluding hydrogens is 1070 g/mol. The van der Waals surface area contributed by atoms with Crippen molar-refractivity contribution in [3.63, 3.8) is 0 Å². The van der Waals surface area contributed by atoms with Crippen LogP contribution >= 0.6 is 0 Å². The standard InChI is InChI=1S/C84H52N2O2/c1-5-21-53(22-6-1)59-31-17-33-63(49-59)85(75-39-19-37-69-79-65-35-15-13-29-61(65)51-71(83(79)87-81(69)75)55-25-9-3-10-26-55)73-47-43-57-42-46-68-74(48-44-58-41-45-67(73)77(57)78(58)68)86(64-34-18-32-60(50-64)54-23-7-2-8-24-54)76-40-20-38-70-80-66-36-16-14-30-62(66)52-72(84(80)88-82(70)76)56-27-11-4-12-28-56/h1-52H. The second-order valence-corrected chi connectivity index (χ2v) is 23.0. The molecule has 0 atom stereocenters. The summed E-state index contributed by atoms with van der Waals surface area (Å²) in [5, 5.41) is 15.9. The van der Waals surface area contributed by atoms with Gasteiger partial charge in [-0.3, -0.25) is 0 Å². The molecule has 4 nitrogen and oxygen atoms in total. The quantitative estimate of drug-likeness (QED) is 0.128. The van der Waals surface area contributed by atoms with Crippen LogP contribution in [0.5, 0.6) is 0 Å². The van der Waals surface area contributed by atoms with Crippen molar-refractivity contribution in [1.29, 1.82) is 0 Å². The number of rotatable bonds is 10. The molecule has 0 saturated heterocycles. The fourth-order valence-electron chi connectivity index (χ4n) is 14.2. The molecule has 0 radical (unpaired) electrons. The molecule has 2 heterocycles. The number of hydrogen-bond donors (Lipinski definition) is 0. The molecule has 0 bridgehead atoms. The lowest BCUT2D eigenvalue weighted by Gasteiger charge is -2.29. The van der Waals surface area contributed by atoms with Gasteiger partial charge in [0.2, 0.25) is 0 Å². The van der Waals surface area contributed by atoms with Gasteiger partial charge in [0.1, 0.15) is 11.2 Å². The van der Waals surface area contributed by atoms with Crippen molar-refractivity contribution in [2.75, 3.05) is 9.80 Å². The van der Waals surface area contributed by atoms with Crippen molar-refractivity contribution in [2.45, 2.75) is 0 Å². The molecule has 0 amide bonds. The van der Waals surface area contributed by atoms with Crippen LogP contribution in [-0.2, 0) is 0 Å². The van der Waals surface area contributed by atoms with Gasteiger partial charge in [0.15, 0.2) is 11.2 Å². The number of furan rings is 2. The number of benzene rings is 16. The average Bonchev–Trinajstić information content (AvgIpc) is 1.07. The zero-order chi connectivity index (χ0) is 57.8. The molecule has 410 valence electrons. The van der Waals surface area contributed by atoms with E-state index in [-0.39, 0.29) is 0 Å². The molecule has 0 fully saturated rings. The molecule has 2 aromatic heterocycles. The van der Waals surface area contributed by atoms with E-state index in [1.165, 1.54) is 21.5 Å². The lowest BCUT2D eigenvalue weighted by atomic mass is 9.91. The SMILES string of the molecule is c1ccc(-c2cccc(N(c3ccc4ccc5c(N(c6cccc(-c7ccccc7)c6)c6cccc7c6oc6c(-c8ccccc8)cc8ccccc8c67)ccc6ccc3c4c65)c3cccc4c3oc3c(-c5ccccc5)cc5ccccc5c34)c2)cc1. The lowest BCUT2D eigenvalue weighted by Crippen LogP contribution is -2.12. The normalized spacial score (nSPS) is 11.9. The van der Waals surface area contributed by atoms with Gasteiger partial charge in [-0.15, -0.1) is 0 Å². The van der Waals surface area contributed by atoms with Crippen molar-refractivity contribution in [3.8, 4) is 44.5 Å². The summed E-state index contributed by atoms with van der Waals surface area (Å²) in [5.74, 6) is 0. The third-order valence-electron chi connectivity index (χ3n) is 18.1. The molecule has 0 aliphatic heterocycles. The van der Waals surface area contributed by atoms with Crippen LogP contribution in [0, 0.1) is 0 Å². The van der Waals surface area contributed by atoms with E-state index in [2.05, 4.69) is 325 Å². The molecule has 0 unspecified atom stereocenters. The van der Waals surface area contributed by atoms with E-state index in [1.54, 1.807) is 0 Å². The highest BCUT2D eigenvalue weighted by Crippen LogP contribution is 2.53. The minimum Gasteiger partial charge on any atom is -0.453 e. The minimum absolute atomic E-state index is 0.821. The third kappa shape index (κ3) is 7.79. The van der Waals surface area contributed by atoms with Crippen LogP contribution in [0.1, 0.15) is 0 Å². The topological polar surface area (TPSA) is 32.8 Å². The Morgan fingerprint density at radius 1 is 0.193 bits per heavy atom. The van der Waals surface area contributed by atoms with Crippen LogP contribution in [0.4, 0.5) is 34.1 Å². The van der Waals surface area contributed by atoms with Gasteiger partial charge < -0.3 is 18.6 Å². The second-order valence-electron chi connectivity index (χ2n) is 23.0. The highest BCUT2D eigenvalue weighted by Gasteiger charge is 2.28. The highest BCUT2D eigenvalue weighted by atomic mass is 16.3. The Balaban J connectivity index is 0.899. The Hall–Kier alpha value is -11.7. The molecule has 18 aromatic rings. The van der Waals surface area contributed by atoms with Gasteiger partial charge in [0.25, 0.3) is 0 Å². The van der Waals surface area contributed by atoms with E-state index >= 15 is 0 Å². The summed E-state index contributed by atoms with van der Waals surface area (Å²) in [6, 6.07) is 114. The molecule has 0 saturated carbocycles. The van der Waals surface area contributed by atoms with Gasteiger partial charge in [-0.2, -0.15) is 0 Å². The van der Waals surface area contributed by atoms with Gasteiger partial charge in [-0.05, 0) is 137 Å². The summed E-state index contributed by atoms with van der Waals surface area (Å²) in [5.41, 5.74) is 18.3. The predicted octanol–water partition coefficient (Wildman–Crippen LogP) is 24.3. The number of para-hydroxylation sites is 2. The summed E-state index contributed by atoms with van der Waals surface area (Å²) in [6.45, 7) is 0. The number of nitrogens with zero attached hydrogens (tertiary/aromatic N) is 2. The summed E-state index contributed by atoms with van der Waals surface area (Å²) in [4.78, 5) is 4.87. The molecule has 88 heavy (non-hydrogen) atoms. The third-order valence-corrected chi connectivity index (χ3v) is 18.1. The zero-order valence-electron chi connectivity index (χ0n) is 47.7. The van der Waals surface area contributed by atoms with Crippen molar-refractivity contribution in [1.82, 2.24) is 0 Å². The molecule has 0 aliphatic rings. The fraction of sp³-hybridized carbons (Fsp3) is 0. The van der Waals surface area contributed by atoms with E-state index in [9.17, 15) is 0 Å². The maximum atomic E-state index is 7.45. The molecule has 0 N–H and O–H groups in total. The van der Waals surface area contributed by atoms with Gasteiger partial charge in [0, 0.05) is 54.8 Å². The van der Waals surface area contributed by atoms with E-state index in [1.807, 2.05) is 0 Å². The van der Waals surface area contributed by atoms with Crippen molar-refractivity contribution in [2.24, 2.45) is 0 Å². The van der Waals surface area contributed by atoms with E-state index in [4.69, 9.17) is 8.83 Å². The monoisotopic (exact) mass is 1120 g/mol. The van der Waals surface area contributed by atoms with E-state index < -0.39 is 0 Å². The summed E-state index contributed by atoms with van der Waals surface area (Å²) in [6.07, 6.45) is 0. The van der Waals surface area contributed by atoms with Crippen LogP contribution < -0.4 is 9.80 Å². The first-order valence-corrected chi connectivity index (χ1v) is 30.1. The number of anilines is 6. The van der Waals surface area contributed by atoms with Crippen LogP contribution in [0.15, 0.2) is 324 Å². The van der Waals surface area contributed by atoms with E-state index in [0.29, 0.717) is 0 Å². The zero-order valence-corrected chi connectivity index (χ0v) is 47.7. The molecule has 0 spiro atoms. The number of fused-ring (bicyclic) bond motifs is 10. The van der Waals surface area contributed by atoms with Crippen LogP contribution in [0.3, 0.4) is 0 Å². The van der Waals surface area contributed by atoms with Gasteiger partial charge >= 0.3 is 0 Å². The second kappa shape index (κ2) is 20.0. The molecular formula is C84H52N2O2.